The van der Waals surface area contributed by atoms with Gasteiger partial charge in [-0.05, 0) is 0 Å². The first kappa shape index (κ1) is 17.4. The summed E-state index contributed by atoms with van der Waals surface area (Å²) in [5, 5.41) is 15.6. The normalized spacial score (nSPS) is 11.3. The van der Waals surface area contributed by atoms with Crippen molar-refractivity contribution in [3.8, 4) is 11.5 Å². The van der Waals surface area contributed by atoms with Gasteiger partial charge in [-0.15, -0.1) is 0 Å². The Balaban J connectivity index is 1.50. The van der Waals surface area contributed by atoms with E-state index in [1.54, 1.807) is 23.7 Å². The van der Waals surface area contributed by atoms with Crippen molar-refractivity contribution in [1.82, 2.24) is 15.0 Å². The monoisotopic (exact) mass is 440 g/mol. The average molecular weight is 440 g/mol. The molecule has 0 saturated heterocycles. The molecular formula is C17H11AsN5O3S. The van der Waals surface area contributed by atoms with E-state index in [0.29, 0.717) is 15.9 Å². The zero-order chi connectivity index (χ0) is 18.8. The predicted octanol–water partition coefficient (Wildman–Crippen LogP) is 3.16. The molecule has 2 aromatic carbocycles. The topological polar surface area (TPSA) is 114 Å². The van der Waals surface area contributed by atoms with E-state index in [1.807, 2.05) is 17.5 Å². The summed E-state index contributed by atoms with van der Waals surface area (Å²) in [4.78, 5) is 34.6. The number of carbonyl (C=O) groups excluding carboxylic acids is 1. The van der Waals surface area contributed by atoms with Crippen LogP contribution in [0.3, 0.4) is 0 Å². The number of hydrogen-bond donors (Lipinski definition) is 2. The molecule has 0 fully saturated rings. The molecule has 0 aliphatic carbocycles. The Kier molecular flexibility index (Phi) is 4.70. The number of thiazole rings is 1. The van der Waals surface area contributed by atoms with Crippen molar-refractivity contribution >= 4 is 58.5 Å². The van der Waals surface area contributed by atoms with Gasteiger partial charge in [-0.3, -0.25) is 0 Å². The second-order valence-corrected chi connectivity index (χ2v) is 8.63. The van der Waals surface area contributed by atoms with E-state index < -0.39 is 20.7 Å². The number of nitrogens with one attached hydrogen (secondary N) is 2. The van der Waals surface area contributed by atoms with Gasteiger partial charge >= 0.3 is 164 Å². The number of anilines is 1. The Morgan fingerprint density at radius 2 is 2.15 bits per heavy atom. The average Bonchev–Trinajstić information content (AvgIpc) is 3.30. The predicted molar refractivity (Wildman–Crippen MR) is 105 cm³/mol. The zero-order valence-corrected chi connectivity index (χ0v) is 16.3. The second-order valence-electron chi connectivity index (χ2n) is 5.51. The molecule has 2 heterocycles. The van der Waals surface area contributed by atoms with Crippen LogP contribution in [0.25, 0.3) is 22.6 Å². The van der Waals surface area contributed by atoms with Crippen LogP contribution in [0.5, 0.6) is 0 Å². The Hall–Kier alpha value is -3.03. The number of fused-ring (bicyclic) bond motifs is 1. The van der Waals surface area contributed by atoms with Crippen LogP contribution in [-0.4, -0.2) is 40.3 Å². The van der Waals surface area contributed by atoms with E-state index in [-0.39, 0.29) is 10.4 Å². The SMILES string of the molecule is O=C(Nc1ccc2nc(-c3cscn3)[nH]c2c1)[As]c1cccc([N+](=O)[O-])c1. The minimum atomic E-state index is -0.898. The summed E-state index contributed by atoms with van der Waals surface area (Å²) in [6.45, 7) is 0. The molecule has 0 unspecified atom stereocenters. The molecule has 4 aromatic rings. The molecule has 0 aliphatic heterocycles. The van der Waals surface area contributed by atoms with Gasteiger partial charge in [0.25, 0.3) is 0 Å². The number of imidazole rings is 1. The number of nitrogens with zero attached hydrogens (tertiary/aromatic N) is 3. The van der Waals surface area contributed by atoms with Crippen molar-refractivity contribution in [1.29, 1.82) is 0 Å². The van der Waals surface area contributed by atoms with Gasteiger partial charge in [-0.1, -0.05) is 0 Å². The van der Waals surface area contributed by atoms with E-state index >= 15 is 0 Å². The summed E-state index contributed by atoms with van der Waals surface area (Å²) < 4.78 is 0.511. The number of H-pyrrole nitrogens is 1. The Labute approximate surface area is 163 Å². The molecule has 2 aromatic heterocycles. The van der Waals surface area contributed by atoms with Crippen molar-refractivity contribution in [2.45, 2.75) is 0 Å². The van der Waals surface area contributed by atoms with Gasteiger partial charge in [0, 0.05) is 0 Å². The summed E-state index contributed by atoms with van der Waals surface area (Å²) in [5.74, 6) is 0.678. The van der Waals surface area contributed by atoms with Gasteiger partial charge < -0.3 is 0 Å². The van der Waals surface area contributed by atoms with E-state index in [4.69, 9.17) is 0 Å². The molecule has 133 valence electrons. The number of benzene rings is 2. The number of aromatic amines is 1. The van der Waals surface area contributed by atoms with E-state index in [0.717, 1.165) is 16.7 Å². The summed E-state index contributed by atoms with van der Waals surface area (Å²) in [5.41, 5.74) is 4.72. The first-order chi connectivity index (χ1) is 13.1. The van der Waals surface area contributed by atoms with Gasteiger partial charge in [-0.25, -0.2) is 0 Å². The van der Waals surface area contributed by atoms with Crippen LogP contribution in [0.1, 0.15) is 0 Å². The second kappa shape index (κ2) is 7.30. The van der Waals surface area contributed by atoms with Crippen LogP contribution in [0.4, 0.5) is 16.2 Å². The number of amides is 1. The van der Waals surface area contributed by atoms with Crippen molar-refractivity contribution in [3.63, 3.8) is 0 Å². The molecule has 0 saturated carbocycles. The number of nitro benzene ring substituents is 1. The van der Waals surface area contributed by atoms with E-state index in [2.05, 4.69) is 20.3 Å². The molecule has 4 rings (SSSR count). The van der Waals surface area contributed by atoms with Crippen LogP contribution in [0.2, 0.25) is 0 Å². The van der Waals surface area contributed by atoms with Crippen molar-refractivity contribution in [3.05, 3.63) is 63.5 Å². The molecule has 0 spiro atoms. The molecular weight excluding hydrogens is 429 g/mol. The third-order valence-corrected chi connectivity index (χ3v) is 6.05. The van der Waals surface area contributed by atoms with Gasteiger partial charge in [0.15, 0.2) is 0 Å². The number of hydrogen-bond acceptors (Lipinski definition) is 6. The van der Waals surface area contributed by atoms with Crippen LogP contribution < -0.4 is 9.67 Å². The van der Waals surface area contributed by atoms with Gasteiger partial charge in [-0.2, -0.15) is 0 Å². The van der Waals surface area contributed by atoms with E-state index in [9.17, 15) is 14.9 Å². The molecule has 1 radical (unpaired) electrons. The molecule has 27 heavy (non-hydrogen) atoms. The van der Waals surface area contributed by atoms with Crippen molar-refractivity contribution in [2.24, 2.45) is 0 Å². The Bertz CT molecular complexity index is 1140. The molecule has 8 nitrogen and oxygen atoms in total. The number of carbonyl (C=O) groups is 1. The molecule has 2 N–H and O–H groups in total. The van der Waals surface area contributed by atoms with Crippen LogP contribution in [0, 0.1) is 10.1 Å². The fourth-order valence-corrected chi connectivity index (χ4v) is 4.65. The van der Waals surface area contributed by atoms with Gasteiger partial charge in [0.1, 0.15) is 0 Å². The van der Waals surface area contributed by atoms with Crippen molar-refractivity contribution in [2.75, 3.05) is 5.32 Å². The van der Waals surface area contributed by atoms with Crippen LogP contribution in [0.15, 0.2) is 53.4 Å². The summed E-state index contributed by atoms with van der Waals surface area (Å²) >= 11 is 0.594. The standard InChI is InChI=1S/C17H11AsN5O3S/c24-17(18-10-2-1-3-12(6-10)23(25)26)20-11-4-5-13-14(7-11)22-16(21-13)15-8-27-9-19-15/h1-9H,(H,20,24)(H,21,22). The number of aromatic nitrogens is 3. The minimum absolute atomic E-state index is 0.0101. The third-order valence-electron chi connectivity index (χ3n) is 3.68. The molecule has 1 amide bonds. The maximum atomic E-state index is 12.3. The van der Waals surface area contributed by atoms with E-state index in [1.165, 1.54) is 23.5 Å². The van der Waals surface area contributed by atoms with Crippen LogP contribution in [-0.2, 0) is 0 Å². The molecule has 10 heteroatoms. The number of nitro groups is 1. The third kappa shape index (κ3) is 3.89. The zero-order valence-electron chi connectivity index (χ0n) is 13.6. The van der Waals surface area contributed by atoms with Crippen LogP contribution >= 0.6 is 11.3 Å². The summed E-state index contributed by atoms with van der Waals surface area (Å²) in [7, 11) is 0. The first-order valence-electron chi connectivity index (χ1n) is 7.74. The fourth-order valence-electron chi connectivity index (χ4n) is 2.48. The first-order valence-corrected chi connectivity index (χ1v) is 10.6. The quantitative estimate of drug-likeness (QED) is 0.281. The fraction of sp³-hybridized carbons (Fsp3) is 0. The van der Waals surface area contributed by atoms with Gasteiger partial charge in [0.05, 0.1) is 0 Å². The molecule has 0 aliphatic rings. The summed E-state index contributed by atoms with van der Waals surface area (Å²) in [6.07, 6.45) is 0. The number of rotatable bonds is 5. The Morgan fingerprint density at radius 3 is 2.93 bits per heavy atom. The maximum absolute atomic E-state index is 12.3. The van der Waals surface area contributed by atoms with Gasteiger partial charge in [0.2, 0.25) is 0 Å². The molecule has 0 atom stereocenters. The molecule has 0 bridgehead atoms. The number of non-ortho nitro benzene ring substituents is 1. The summed E-state index contributed by atoms with van der Waals surface area (Å²) in [6, 6.07) is 11.6. The van der Waals surface area contributed by atoms with Crippen molar-refractivity contribution < 1.29 is 9.72 Å². The Morgan fingerprint density at radius 1 is 1.26 bits per heavy atom.